The number of fused-ring (bicyclic) bond motifs is 3. The predicted octanol–water partition coefficient (Wildman–Crippen LogP) is 4.22. The molecule has 0 radical (unpaired) electrons. The number of aromatic nitrogens is 1. The van der Waals surface area contributed by atoms with Crippen LogP contribution in [0.2, 0.25) is 0 Å². The van der Waals surface area contributed by atoms with Crippen LogP contribution in [0.4, 0.5) is 5.69 Å². The maximum absolute atomic E-state index is 12.5. The zero-order valence-corrected chi connectivity index (χ0v) is 14.6. The van der Waals surface area contributed by atoms with Crippen molar-refractivity contribution < 1.29 is 14.3 Å². The van der Waals surface area contributed by atoms with Crippen LogP contribution in [0.1, 0.15) is 41.4 Å². The molecule has 0 saturated carbocycles. The molecular formula is C21H20N2O3. The van der Waals surface area contributed by atoms with Crippen LogP contribution < -0.4 is 10.1 Å². The van der Waals surface area contributed by atoms with E-state index in [0.29, 0.717) is 17.0 Å². The molecule has 1 aliphatic rings. The fourth-order valence-corrected chi connectivity index (χ4v) is 3.51. The number of nitrogens with one attached hydrogen (secondary N) is 2. The van der Waals surface area contributed by atoms with Gasteiger partial charge in [0.15, 0.2) is 0 Å². The molecule has 1 heterocycles. The maximum atomic E-state index is 12.5. The first-order valence-electron chi connectivity index (χ1n) is 8.83. The van der Waals surface area contributed by atoms with E-state index in [1.807, 2.05) is 12.1 Å². The van der Waals surface area contributed by atoms with Crippen molar-refractivity contribution in [2.24, 2.45) is 0 Å². The fraction of sp³-hybridized carbons (Fsp3) is 0.238. The smallest absolute Gasteiger partial charge is 0.343 e. The minimum atomic E-state index is -0.384. The van der Waals surface area contributed by atoms with Crippen molar-refractivity contribution >= 4 is 28.5 Å². The lowest BCUT2D eigenvalue weighted by Gasteiger charge is -2.10. The second-order valence-electron chi connectivity index (χ2n) is 6.64. The molecule has 0 unspecified atom stereocenters. The summed E-state index contributed by atoms with van der Waals surface area (Å²) >= 11 is 0. The van der Waals surface area contributed by atoms with Crippen molar-refractivity contribution in [3.05, 3.63) is 59.3 Å². The van der Waals surface area contributed by atoms with E-state index in [4.69, 9.17) is 4.74 Å². The number of anilines is 1. The Kier molecular flexibility index (Phi) is 4.21. The van der Waals surface area contributed by atoms with Gasteiger partial charge in [-0.2, -0.15) is 0 Å². The van der Waals surface area contributed by atoms with Crippen LogP contribution in [0.5, 0.6) is 5.75 Å². The summed E-state index contributed by atoms with van der Waals surface area (Å²) < 4.78 is 5.47. The Morgan fingerprint density at radius 1 is 1.04 bits per heavy atom. The summed E-state index contributed by atoms with van der Waals surface area (Å²) in [6, 6.07) is 12.4. The molecule has 1 aliphatic carbocycles. The molecule has 26 heavy (non-hydrogen) atoms. The van der Waals surface area contributed by atoms with Gasteiger partial charge >= 0.3 is 5.97 Å². The Balaban J connectivity index is 1.55. The van der Waals surface area contributed by atoms with Gasteiger partial charge in [0.05, 0.1) is 5.56 Å². The number of rotatable bonds is 3. The van der Waals surface area contributed by atoms with Gasteiger partial charge in [-0.1, -0.05) is 0 Å². The quantitative estimate of drug-likeness (QED) is 0.550. The van der Waals surface area contributed by atoms with Gasteiger partial charge in [0.25, 0.3) is 0 Å². The second-order valence-corrected chi connectivity index (χ2v) is 6.64. The van der Waals surface area contributed by atoms with E-state index in [9.17, 15) is 9.59 Å². The summed E-state index contributed by atoms with van der Waals surface area (Å²) in [5, 5.41) is 3.80. The number of carbonyl (C=O) groups excluding carboxylic acids is 2. The maximum Gasteiger partial charge on any atom is 0.343 e. The highest BCUT2D eigenvalue weighted by molar-refractivity contribution is 5.97. The zero-order valence-electron chi connectivity index (χ0n) is 14.6. The monoisotopic (exact) mass is 348 g/mol. The molecule has 1 aromatic heterocycles. The van der Waals surface area contributed by atoms with Gasteiger partial charge in [-0.3, -0.25) is 4.79 Å². The summed E-state index contributed by atoms with van der Waals surface area (Å²) in [6.45, 7) is 1.45. The van der Waals surface area contributed by atoms with Crippen molar-refractivity contribution in [1.82, 2.24) is 4.98 Å². The van der Waals surface area contributed by atoms with Crippen molar-refractivity contribution in [3.8, 4) is 5.75 Å². The van der Waals surface area contributed by atoms with E-state index >= 15 is 0 Å². The number of aromatic amines is 1. The highest BCUT2D eigenvalue weighted by Gasteiger charge is 2.17. The first-order chi connectivity index (χ1) is 12.6. The SMILES string of the molecule is CC(=O)Nc1ccc(OC(=O)c2ccc3[nH]c4c(c3c2)CCCC4)cc1. The number of benzene rings is 2. The van der Waals surface area contributed by atoms with E-state index < -0.39 is 0 Å². The average Bonchev–Trinajstić information content (AvgIpc) is 3.01. The molecule has 5 heteroatoms. The predicted molar refractivity (Wildman–Crippen MR) is 101 cm³/mol. The Hall–Kier alpha value is -3.08. The van der Waals surface area contributed by atoms with Crippen LogP contribution >= 0.6 is 0 Å². The number of hydrogen-bond acceptors (Lipinski definition) is 3. The number of carbonyl (C=O) groups is 2. The van der Waals surface area contributed by atoms with Crippen LogP contribution in [0, 0.1) is 0 Å². The van der Waals surface area contributed by atoms with Gasteiger partial charge in [0.2, 0.25) is 5.91 Å². The second kappa shape index (κ2) is 6.67. The molecule has 0 bridgehead atoms. The fourth-order valence-electron chi connectivity index (χ4n) is 3.51. The minimum Gasteiger partial charge on any atom is -0.423 e. The molecule has 0 spiro atoms. The molecule has 132 valence electrons. The Bertz CT molecular complexity index is 986. The molecule has 0 saturated heterocycles. The molecule has 5 nitrogen and oxygen atoms in total. The van der Waals surface area contributed by atoms with Crippen LogP contribution in [-0.2, 0) is 17.6 Å². The number of esters is 1. The highest BCUT2D eigenvalue weighted by atomic mass is 16.5. The van der Waals surface area contributed by atoms with E-state index in [1.165, 1.54) is 31.0 Å². The van der Waals surface area contributed by atoms with Gasteiger partial charge in [0, 0.05) is 29.2 Å². The van der Waals surface area contributed by atoms with Crippen LogP contribution in [-0.4, -0.2) is 16.9 Å². The average molecular weight is 348 g/mol. The summed E-state index contributed by atoms with van der Waals surface area (Å²) in [6.07, 6.45) is 4.53. The van der Waals surface area contributed by atoms with Crippen LogP contribution in [0.25, 0.3) is 10.9 Å². The number of H-pyrrole nitrogens is 1. The number of ether oxygens (including phenoxy) is 1. The minimum absolute atomic E-state index is 0.141. The summed E-state index contributed by atoms with van der Waals surface area (Å²) in [5.41, 5.74) is 4.91. The molecule has 2 aromatic carbocycles. The molecule has 0 atom stereocenters. The Morgan fingerprint density at radius 2 is 1.81 bits per heavy atom. The highest BCUT2D eigenvalue weighted by Crippen LogP contribution is 2.30. The van der Waals surface area contributed by atoms with Crippen molar-refractivity contribution in [2.45, 2.75) is 32.6 Å². The largest absolute Gasteiger partial charge is 0.423 e. The lowest BCUT2D eigenvalue weighted by Crippen LogP contribution is -2.09. The topological polar surface area (TPSA) is 71.2 Å². The van der Waals surface area contributed by atoms with Gasteiger partial charge in [-0.05, 0) is 73.7 Å². The van der Waals surface area contributed by atoms with Crippen molar-refractivity contribution in [1.29, 1.82) is 0 Å². The molecule has 3 aromatic rings. The van der Waals surface area contributed by atoms with Gasteiger partial charge in [0.1, 0.15) is 5.75 Å². The number of amides is 1. The van der Waals surface area contributed by atoms with Gasteiger partial charge in [-0.25, -0.2) is 4.79 Å². The first kappa shape index (κ1) is 16.4. The van der Waals surface area contributed by atoms with Crippen molar-refractivity contribution in [2.75, 3.05) is 5.32 Å². The number of hydrogen-bond donors (Lipinski definition) is 2. The molecule has 1 amide bonds. The van der Waals surface area contributed by atoms with E-state index in [0.717, 1.165) is 23.7 Å². The first-order valence-corrected chi connectivity index (χ1v) is 8.83. The van der Waals surface area contributed by atoms with Gasteiger partial charge in [-0.15, -0.1) is 0 Å². The molecular weight excluding hydrogens is 328 g/mol. The Labute approximate surface area is 151 Å². The van der Waals surface area contributed by atoms with Crippen LogP contribution in [0.3, 0.4) is 0 Å². The third-order valence-electron chi connectivity index (χ3n) is 4.72. The molecule has 0 fully saturated rings. The number of aryl methyl sites for hydroxylation is 2. The third-order valence-corrected chi connectivity index (χ3v) is 4.72. The van der Waals surface area contributed by atoms with Gasteiger partial charge < -0.3 is 15.0 Å². The lowest BCUT2D eigenvalue weighted by atomic mass is 9.95. The lowest BCUT2D eigenvalue weighted by molar-refractivity contribution is -0.114. The Morgan fingerprint density at radius 3 is 2.58 bits per heavy atom. The standard InChI is InChI=1S/C21H20N2O3/c1-13(24)22-15-7-9-16(10-8-15)26-21(25)14-6-11-20-18(12-14)17-4-2-3-5-19(17)23-20/h6-12,23H,2-5H2,1H3,(H,22,24). The molecule has 4 rings (SSSR count). The molecule has 0 aliphatic heterocycles. The third kappa shape index (κ3) is 3.20. The molecule has 2 N–H and O–H groups in total. The van der Waals surface area contributed by atoms with Crippen molar-refractivity contribution in [3.63, 3.8) is 0 Å². The summed E-state index contributed by atoms with van der Waals surface area (Å²) in [5.74, 6) is -0.0804. The summed E-state index contributed by atoms with van der Waals surface area (Å²) in [7, 11) is 0. The summed E-state index contributed by atoms with van der Waals surface area (Å²) in [4.78, 5) is 27.0. The van der Waals surface area contributed by atoms with E-state index in [-0.39, 0.29) is 11.9 Å². The normalized spacial score (nSPS) is 13.3. The van der Waals surface area contributed by atoms with E-state index in [2.05, 4.69) is 10.3 Å². The van der Waals surface area contributed by atoms with Crippen LogP contribution in [0.15, 0.2) is 42.5 Å². The van der Waals surface area contributed by atoms with E-state index in [1.54, 1.807) is 30.3 Å². The zero-order chi connectivity index (χ0) is 18.1.